The Balaban J connectivity index is 2.14. The maximum atomic E-state index is 5.81. The highest BCUT2D eigenvalue weighted by atomic mass is 15.2. The van der Waals surface area contributed by atoms with Crippen LogP contribution in [0.5, 0.6) is 0 Å². The topological polar surface area (TPSA) is 42.2 Å². The average Bonchev–Trinajstić information content (AvgIpc) is 3.14. The molecule has 0 amide bonds. The zero-order valence-electron chi connectivity index (χ0n) is 10.9. The molecular formula is C14H23N3. The Labute approximate surface area is 104 Å². The van der Waals surface area contributed by atoms with Gasteiger partial charge in [-0.2, -0.15) is 0 Å². The Morgan fingerprint density at radius 2 is 2.24 bits per heavy atom. The zero-order valence-corrected chi connectivity index (χ0v) is 10.9. The number of nitrogens with zero attached hydrogens (tertiary/aromatic N) is 2. The van der Waals surface area contributed by atoms with Gasteiger partial charge in [0.2, 0.25) is 0 Å². The van der Waals surface area contributed by atoms with Gasteiger partial charge in [-0.25, -0.2) is 0 Å². The summed E-state index contributed by atoms with van der Waals surface area (Å²) in [6.45, 7) is 6.28. The molecule has 1 fully saturated rings. The quantitative estimate of drug-likeness (QED) is 0.821. The number of nitrogens with two attached hydrogens (primary N) is 1. The van der Waals surface area contributed by atoms with Crippen LogP contribution in [0.4, 0.5) is 5.69 Å². The van der Waals surface area contributed by atoms with E-state index in [0.29, 0.717) is 6.54 Å². The Morgan fingerprint density at radius 3 is 2.82 bits per heavy atom. The number of anilines is 1. The molecular weight excluding hydrogens is 210 g/mol. The SMILES string of the molecule is CC(C)CCN(c1cnccc1CN)C1CC1. The van der Waals surface area contributed by atoms with Gasteiger partial charge in [-0.15, -0.1) is 0 Å². The lowest BCUT2D eigenvalue weighted by Gasteiger charge is -2.27. The van der Waals surface area contributed by atoms with Gasteiger partial charge < -0.3 is 10.6 Å². The van der Waals surface area contributed by atoms with Crippen LogP contribution >= 0.6 is 0 Å². The van der Waals surface area contributed by atoms with E-state index < -0.39 is 0 Å². The normalized spacial score (nSPS) is 15.3. The molecule has 0 aromatic carbocycles. The van der Waals surface area contributed by atoms with Crippen molar-refractivity contribution in [3.05, 3.63) is 24.0 Å². The predicted octanol–water partition coefficient (Wildman–Crippen LogP) is 2.56. The highest BCUT2D eigenvalue weighted by molar-refractivity contribution is 5.53. The average molecular weight is 233 g/mol. The Bertz CT molecular complexity index is 358. The van der Waals surface area contributed by atoms with Crippen LogP contribution in [0.1, 0.15) is 38.7 Å². The zero-order chi connectivity index (χ0) is 12.3. The van der Waals surface area contributed by atoms with Crippen LogP contribution in [-0.2, 0) is 6.54 Å². The summed E-state index contributed by atoms with van der Waals surface area (Å²) in [5.41, 5.74) is 8.28. The smallest absolute Gasteiger partial charge is 0.0600 e. The number of aromatic nitrogens is 1. The highest BCUT2D eigenvalue weighted by Crippen LogP contribution is 2.33. The van der Waals surface area contributed by atoms with Gasteiger partial charge in [-0.1, -0.05) is 13.8 Å². The molecule has 0 atom stereocenters. The summed E-state index contributed by atoms with van der Waals surface area (Å²) in [5.74, 6) is 0.745. The van der Waals surface area contributed by atoms with Crippen LogP contribution in [0.3, 0.4) is 0 Å². The Kier molecular flexibility index (Phi) is 4.00. The Morgan fingerprint density at radius 1 is 1.47 bits per heavy atom. The van der Waals surface area contributed by atoms with Gasteiger partial charge in [0, 0.05) is 25.3 Å². The minimum Gasteiger partial charge on any atom is -0.367 e. The lowest BCUT2D eigenvalue weighted by atomic mass is 10.1. The maximum Gasteiger partial charge on any atom is 0.0600 e. The van der Waals surface area contributed by atoms with E-state index in [-0.39, 0.29) is 0 Å². The number of pyridine rings is 1. The highest BCUT2D eigenvalue weighted by Gasteiger charge is 2.30. The molecule has 1 aromatic heterocycles. The fourth-order valence-electron chi connectivity index (χ4n) is 2.13. The van der Waals surface area contributed by atoms with E-state index in [2.05, 4.69) is 23.7 Å². The molecule has 1 aliphatic carbocycles. The minimum atomic E-state index is 0.600. The summed E-state index contributed by atoms with van der Waals surface area (Å²) in [6.07, 6.45) is 7.67. The molecule has 3 heteroatoms. The van der Waals surface area contributed by atoms with Crippen LogP contribution in [0.25, 0.3) is 0 Å². The predicted molar refractivity (Wildman–Crippen MR) is 72.0 cm³/mol. The van der Waals surface area contributed by atoms with Gasteiger partial charge in [-0.3, -0.25) is 4.98 Å². The van der Waals surface area contributed by atoms with E-state index in [9.17, 15) is 0 Å². The summed E-state index contributed by atoms with van der Waals surface area (Å²) in [5, 5.41) is 0. The second kappa shape index (κ2) is 5.50. The molecule has 0 spiro atoms. The third-order valence-electron chi connectivity index (χ3n) is 3.35. The molecule has 1 aromatic rings. The second-order valence-electron chi connectivity index (χ2n) is 5.32. The molecule has 0 saturated heterocycles. The Hall–Kier alpha value is -1.09. The molecule has 1 aliphatic rings. The number of hydrogen-bond acceptors (Lipinski definition) is 3. The van der Waals surface area contributed by atoms with E-state index in [4.69, 9.17) is 5.73 Å². The molecule has 0 unspecified atom stereocenters. The van der Waals surface area contributed by atoms with Crippen LogP contribution < -0.4 is 10.6 Å². The molecule has 0 aliphatic heterocycles. The molecule has 17 heavy (non-hydrogen) atoms. The summed E-state index contributed by atoms with van der Waals surface area (Å²) in [7, 11) is 0. The van der Waals surface area contributed by atoms with Crippen molar-refractivity contribution in [3.8, 4) is 0 Å². The van der Waals surface area contributed by atoms with E-state index in [1.807, 2.05) is 18.5 Å². The first kappa shape index (κ1) is 12.4. The standard InChI is InChI=1S/C14H23N3/c1-11(2)6-8-17(13-3-4-13)14-10-16-7-5-12(14)9-15/h5,7,10-11,13H,3-4,6,8-9,15H2,1-2H3. The van der Waals surface area contributed by atoms with Crippen LogP contribution in [0.2, 0.25) is 0 Å². The minimum absolute atomic E-state index is 0.600. The summed E-state index contributed by atoms with van der Waals surface area (Å²) in [6, 6.07) is 2.77. The van der Waals surface area contributed by atoms with Crippen molar-refractivity contribution in [1.82, 2.24) is 4.98 Å². The van der Waals surface area contributed by atoms with Crippen molar-refractivity contribution in [2.24, 2.45) is 11.7 Å². The first-order valence-corrected chi connectivity index (χ1v) is 6.62. The van der Waals surface area contributed by atoms with Crippen molar-refractivity contribution >= 4 is 5.69 Å². The lowest BCUT2D eigenvalue weighted by molar-refractivity contribution is 0.569. The first-order chi connectivity index (χ1) is 8.22. The molecule has 0 radical (unpaired) electrons. The van der Waals surface area contributed by atoms with Gasteiger partial charge in [-0.05, 0) is 36.8 Å². The molecule has 0 bridgehead atoms. The van der Waals surface area contributed by atoms with E-state index in [0.717, 1.165) is 18.5 Å². The largest absolute Gasteiger partial charge is 0.367 e. The first-order valence-electron chi connectivity index (χ1n) is 6.62. The van der Waals surface area contributed by atoms with Crippen molar-refractivity contribution in [1.29, 1.82) is 0 Å². The van der Waals surface area contributed by atoms with Crippen LogP contribution in [-0.4, -0.2) is 17.6 Å². The lowest BCUT2D eigenvalue weighted by Crippen LogP contribution is -2.29. The monoisotopic (exact) mass is 233 g/mol. The van der Waals surface area contributed by atoms with Gasteiger partial charge in [0.05, 0.1) is 11.9 Å². The molecule has 3 nitrogen and oxygen atoms in total. The third kappa shape index (κ3) is 3.19. The van der Waals surface area contributed by atoms with E-state index >= 15 is 0 Å². The van der Waals surface area contributed by atoms with E-state index in [1.165, 1.54) is 30.5 Å². The van der Waals surface area contributed by atoms with Crippen molar-refractivity contribution in [3.63, 3.8) is 0 Å². The molecule has 2 rings (SSSR count). The van der Waals surface area contributed by atoms with Gasteiger partial charge >= 0.3 is 0 Å². The molecule has 2 N–H and O–H groups in total. The third-order valence-corrected chi connectivity index (χ3v) is 3.35. The summed E-state index contributed by atoms with van der Waals surface area (Å²) >= 11 is 0. The summed E-state index contributed by atoms with van der Waals surface area (Å²) < 4.78 is 0. The number of rotatable bonds is 6. The maximum absolute atomic E-state index is 5.81. The number of hydrogen-bond donors (Lipinski definition) is 1. The summed E-state index contributed by atoms with van der Waals surface area (Å²) in [4.78, 5) is 6.76. The van der Waals surface area contributed by atoms with Crippen molar-refractivity contribution in [2.75, 3.05) is 11.4 Å². The van der Waals surface area contributed by atoms with Gasteiger partial charge in [0.15, 0.2) is 0 Å². The molecule has 1 heterocycles. The fourth-order valence-corrected chi connectivity index (χ4v) is 2.13. The molecule has 94 valence electrons. The molecule has 1 saturated carbocycles. The fraction of sp³-hybridized carbons (Fsp3) is 0.643. The van der Waals surface area contributed by atoms with Crippen molar-refractivity contribution in [2.45, 2.75) is 45.7 Å². The van der Waals surface area contributed by atoms with Crippen LogP contribution in [0.15, 0.2) is 18.5 Å². The van der Waals surface area contributed by atoms with Crippen molar-refractivity contribution < 1.29 is 0 Å². The second-order valence-corrected chi connectivity index (χ2v) is 5.32. The van der Waals surface area contributed by atoms with Gasteiger partial charge in [0.25, 0.3) is 0 Å². The van der Waals surface area contributed by atoms with Gasteiger partial charge in [0.1, 0.15) is 0 Å². The van der Waals surface area contributed by atoms with E-state index in [1.54, 1.807) is 0 Å². The van der Waals surface area contributed by atoms with Crippen LogP contribution in [0, 0.1) is 5.92 Å².